The molecule has 14 heavy (non-hydrogen) atoms. The van der Waals surface area contributed by atoms with Gasteiger partial charge in [0.05, 0.1) is 12.5 Å². The third-order valence-electron chi connectivity index (χ3n) is 2.17. The zero-order valence-electron chi connectivity index (χ0n) is 7.99. The lowest BCUT2D eigenvalue weighted by Gasteiger charge is -2.07. The summed E-state index contributed by atoms with van der Waals surface area (Å²) in [6, 6.07) is 0. The molecule has 0 radical (unpaired) electrons. The van der Waals surface area contributed by atoms with E-state index in [1.54, 1.807) is 0 Å². The first kappa shape index (κ1) is 11.0. The van der Waals surface area contributed by atoms with Crippen molar-refractivity contribution in [3.63, 3.8) is 0 Å². The molecule has 1 atom stereocenters. The van der Waals surface area contributed by atoms with Crippen LogP contribution >= 0.6 is 0 Å². The number of carbonyl (C=O) groups excluding carboxylic acids is 1. The molecule has 0 aliphatic carbocycles. The van der Waals surface area contributed by atoms with Gasteiger partial charge in [0.2, 0.25) is 5.91 Å². The van der Waals surface area contributed by atoms with E-state index in [0.29, 0.717) is 26.2 Å². The largest absolute Gasteiger partial charge is 0.481 e. The van der Waals surface area contributed by atoms with E-state index in [1.807, 2.05) is 0 Å². The van der Waals surface area contributed by atoms with Gasteiger partial charge in [-0.05, 0) is 12.8 Å². The van der Waals surface area contributed by atoms with E-state index in [4.69, 9.17) is 9.84 Å². The van der Waals surface area contributed by atoms with Crippen LogP contribution in [0.1, 0.15) is 19.3 Å². The highest BCUT2D eigenvalue weighted by Crippen LogP contribution is 2.11. The van der Waals surface area contributed by atoms with Crippen molar-refractivity contribution in [3.05, 3.63) is 0 Å². The summed E-state index contributed by atoms with van der Waals surface area (Å²) in [6.45, 7) is 1.57. The molecule has 0 aromatic heterocycles. The van der Waals surface area contributed by atoms with Crippen molar-refractivity contribution in [2.75, 3.05) is 19.8 Å². The number of carboxylic acids is 1. The molecular weight excluding hydrogens is 186 g/mol. The Morgan fingerprint density at radius 2 is 2.29 bits per heavy atom. The minimum absolute atomic E-state index is 0.0205. The number of aliphatic carboxylic acids is 1. The smallest absolute Gasteiger partial charge is 0.303 e. The highest BCUT2D eigenvalue weighted by molar-refractivity contribution is 5.79. The van der Waals surface area contributed by atoms with E-state index in [0.717, 1.165) is 6.42 Å². The van der Waals surface area contributed by atoms with E-state index in [1.165, 1.54) is 0 Å². The molecule has 0 aromatic rings. The summed E-state index contributed by atoms with van der Waals surface area (Å²) in [5, 5.41) is 11.1. The lowest BCUT2D eigenvalue weighted by Crippen LogP contribution is -2.31. The van der Waals surface area contributed by atoms with Crippen molar-refractivity contribution in [2.45, 2.75) is 19.3 Å². The topological polar surface area (TPSA) is 75.6 Å². The van der Waals surface area contributed by atoms with Gasteiger partial charge in [0.1, 0.15) is 0 Å². The average Bonchev–Trinajstić information content (AvgIpc) is 2.64. The van der Waals surface area contributed by atoms with Crippen molar-refractivity contribution in [2.24, 2.45) is 5.92 Å². The Kier molecular flexibility index (Phi) is 4.39. The van der Waals surface area contributed by atoms with Crippen LogP contribution in [-0.2, 0) is 14.3 Å². The first-order chi connectivity index (χ1) is 6.70. The second-order valence-corrected chi connectivity index (χ2v) is 3.35. The Bertz CT molecular complexity index is 211. The maximum atomic E-state index is 11.4. The Balaban J connectivity index is 2.05. The Hall–Kier alpha value is -1.10. The van der Waals surface area contributed by atoms with Gasteiger partial charge in [0, 0.05) is 19.6 Å². The van der Waals surface area contributed by atoms with Gasteiger partial charge in [0.25, 0.3) is 0 Å². The number of ether oxygens (including phenoxy) is 1. The summed E-state index contributed by atoms with van der Waals surface area (Å²) in [6.07, 6.45) is 1.35. The van der Waals surface area contributed by atoms with Crippen LogP contribution in [0.3, 0.4) is 0 Å². The second kappa shape index (κ2) is 5.59. The zero-order valence-corrected chi connectivity index (χ0v) is 7.99. The summed E-state index contributed by atoms with van der Waals surface area (Å²) in [7, 11) is 0. The average molecular weight is 201 g/mol. The number of amides is 1. The standard InChI is InChI=1S/C9H15NO4/c11-8(12)2-1-4-10-9(13)7-3-5-14-6-7/h7H,1-6H2,(H,10,13)(H,11,12). The SMILES string of the molecule is O=C(O)CCCNC(=O)C1CCOC1. The minimum Gasteiger partial charge on any atom is -0.481 e. The van der Waals surface area contributed by atoms with Gasteiger partial charge < -0.3 is 15.2 Å². The fraction of sp³-hybridized carbons (Fsp3) is 0.778. The quantitative estimate of drug-likeness (QED) is 0.614. The lowest BCUT2D eigenvalue weighted by atomic mass is 10.1. The van der Waals surface area contributed by atoms with E-state index in [2.05, 4.69) is 5.32 Å². The number of nitrogens with one attached hydrogen (secondary N) is 1. The van der Waals surface area contributed by atoms with Crippen molar-refractivity contribution in [1.29, 1.82) is 0 Å². The molecule has 1 aliphatic rings. The molecule has 1 fully saturated rings. The van der Waals surface area contributed by atoms with E-state index >= 15 is 0 Å². The van der Waals surface area contributed by atoms with Crippen LogP contribution in [0.2, 0.25) is 0 Å². The van der Waals surface area contributed by atoms with Gasteiger partial charge in [-0.1, -0.05) is 0 Å². The Morgan fingerprint density at radius 3 is 2.86 bits per heavy atom. The van der Waals surface area contributed by atoms with Crippen LogP contribution in [-0.4, -0.2) is 36.7 Å². The molecule has 0 aromatic carbocycles. The normalized spacial score (nSPS) is 20.7. The number of carbonyl (C=O) groups is 2. The van der Waals surface area contributed by atoms with Crippen LogP contribution in [0, 0.1) is 5.92 Å². The molecule has 0 saturated carbocycles. The number of rotatable bonds is 5. The summed E-state index contributed by atoms with van der Waals surface area (Å²) >= 11 is 0. The predicted octanol–water partition coefficient (Wildman–Crippen LogP) is 0.00390. The number of hydrogen-bond acceptors (Lipinski definition) is 3. The molecule has 1 amide bonds. The molecule has 5 nitrogen and oxygen atoms in total. The molecule has 1 rings (SSSR count). The van der Waals surface area contributed by atoms with Crippen molar-refractivity contribution in [3.8, 4) is 0 Å². The van der Waals surface area contributed by atoms with E-state index in [9.17, 15) is 9.59 Å². The third kappa shape index (κ3) is 3.74. The van der Waals surface area contributed by atoms with E-state index in [-0.39, 0.29) is 18.2 Å². The van der Waals surface area contributed by atoms with Crippen LogP contribution in [0.4, 0.5) is 0 Å². The van der Waals surface area contributed by atoms with Gasteiger partial charge in [-0.15, -0.1) is 0 Å². The van der Waals surface area contributed by atoms with Gasteiger partial charge in [-0.3, -0.25) is 9.59 Å². The maximum Gasteiger partial charge on any atom is 0.303 e. The highest BCUT2D eigenvalue weighted by Gasteiger charge is 2.22. The first-order valence-corrected chi connectivity index (χ1v) is 4.77. The molecular formula is C9H15NO4. The van der Waals surface area contributed by atoms with Crippen molar-refractivity contribution >= 4 is 11.9 Å². The molecule has 0 spiro atoms. The Morgan fingerprint density at radius 1 is 1.50 bits per heavy atom. The molecule has 1 heterocycles. The summed E-state index contributed by atoms with van der Waals surface area (Å²) in [4.78, 5) is 21.5. The molecule has 5 heteroatoms. The number of hydrogen-bond donors (Lipinski definition) is 2. The lowest BCUT2D eigenvalue weighted by molar-refractivity contribution is -0.137. The fourth-order valence-electron chi connectivity index (χ4n) is 1.34. The van der Waals surface area contributed by atoms with Crippen molar-refractivity contribution in [1.82, 2.24) is 5.32 Å². The highest BCUT2D eigenvalue weighted by atomic mass is 16.5. The molecule has 2 N–H and O–H groups in total. The third-order valence-corrected chi connectivity index (χ3v) is 2.17. The van der Waals surface area contributed by atoms with Gasteiger partial charge in [0.15, 0.2) is 0 Å². The van der Waals surface area contributed by atoms with Gasteiger partial charge >= 0.3 is 5.97 Å². The van der Waals surface area contributed by atoms with Gasteiger partial charge in [-0.2, -0.15) is 0 Å². The summed E-state index contributed by atoms with van der Waals surface area (Å²) in [5.41, 5.74) is 0. The van der Waals surface area contributed by atoms with Crippen LogP contribution in [0.15, 0.2) is 0 Å². The first-order valence-electron chi connectivity index (χ1n) is 4.77. The number of carboxylic acid groups (broad SMARTS) is 1. The minimum atomic E-state index is -0.830. The summed E-state index contributed by atoms with van der Waals surface area (Å²) < 4.78 is 5.07. The fourth-order valence-corrected chi connectivity index (χ4v) is 1.34. The Labute approximate surface area is 82.4 Å². The van der Waals surface area contributed by atoms with Gasteiger partial charge in [-0.25, -0.2) is 0 Å². The molecule has 80 valence electrons. The molecule has 1 saturated heterocycles. The molecule has 1 unspecified atom stereocenters. The van der Waals surface area contributed by atoms with E-state index < -0.39 is 5.97 Å². The molecule has 0 bridgehead atoms. The van der Waals surface area contributed by atoms with Crippen molar-refractivity contribution < 1.29 is 19.4 Å². The zero-order chi connectivity index (χ0) is 10.4. The monoisotopic (exact) mass is 201 g/mol. The second-order valence-electron chi connectivity index (χ2n) is 3.35. The molecule has 1 aliphatic heterocycles. The van der Waals surface area contributed by atoms with Crippen LogP contribution in [0.5, 0.6) is 0 Å². The van der Waals surface area contributed by atoms with Crippen LogP contribution < -0.4 is 5.32 Å². The maximum absolute atomic E-state index is 11.4. The predicted molar refractivity (Wildman–Crippen MR) is 48.8 cm³/mol. The summed E-state index contributed by atoms with van der Waals surface area (Å²) in [5.74, 6) is -0.892. The van der Waals surface area contributed by atoms with Crippen LogP contribution in [0.25, 0.3) is 0 Å².